The van der Waals surface area contributed by atoms with Crippen LogP contribution in [0.4, 0.5) is 4.79 Å². The fourth-order valence-corrected chi connectivity index (χ4v) is 1.38. The Kier molecular flexibility index (Phi) is 8.31. The number of methoxy groups -OCH3 is 1. The monoisotopic (exact) mass is 257 g/mol. The van der Waals surface area contributed by atoms with E-state index in [-0.39, 0.29) is 32.1 Å². The molecule has 0 aromatic heterocycles. The van der Waals surface area contributed by atoms with Crippen molar-refractivity contribution >= 4 is 12.0 Å². The molecule has 0 aromatic carbocycles. The van der Waals surface area contributed by atoms with Gasteiger partial charge in [-0.3, -0.25) is 4.79 Å². The van der Waals surface area contributed by atoms with E-state index in [1.54, 1.807) is 6.92 Å². The maximum absolute atomic E-state index is 12.0. The largest absolute Gasteiger partial charge is 0.480 e. The van der Waals surface area contributed by atoms with Gasteiger partial charge < -0.3 is 19.6 Å². The number of amides is 2. The summed E-state index contributed by atoms with van der Waals surface area (Å²) in [4.78, 5) is 25.4. The van der Waals surface area contributed by atoms with E-state index in [9.17, 15) is 9.59 Å². The zero-order valence-corrected chi connectivity index (χ0v) is 10.8. The number of carboxylic acids is 1. The SMILES string of the molecule is CCN(CCC#N)C(=O)N(CCOC)CC(=O)O. The molecular weight excluding hydrogens is 238 g/mol. The van der Waals surface area contributed by atoms with Gasteiger partial charge >= 0.3 is 12.0 Å². The molecule has 7 nitrogen and oxygen atoms in total. The third kappa shape index (κ3) is 6.06. The molecule has 0 aromatic rings. The summed E-state index contributed by atoms with van der Waals surface area (Å²) in [5.74, 6) is -1.07. The standard InChI is InChI=1S/C11H19N3O4/c1-3-13(6-4-5-12)11(17)14(7-8-18-2)9-10(15)16/h3-4,6-9H2,1-2H3,(H,15,16). The molecule has 1 N–H and O–H groups in total. The number of nitrogens with zero attached hydrogens (tertiary/aromatic N) is 3. The van der Waals surface area contributed by atoms with Crippen LogP contribution in [0.15, 0.2) is 0 Å². The van der Waals surface area contributed by atoms with Gasteiger partial charge in [-0.15, -0.1) is 0 Å². The van der Waals surface area contributed by atoms with E-state index in [1.165, 1.54) is 16.9 Å². The Morgan fingerprint density at radius 3 is 2.44 bits per heavy atom. The molecule has 0 aliphatic heterocycles. The summed E-state index contributed by atoms with van der Waals surface area (Å²) in [6, 6.07) is 1.57. The van der Waals surface area contributed by atoms with Crippen LogP contribution in [-0.2, 0) is 9.53 Å². The van der Waals surface area contributed by atoms with E-state index >= 15 is 0 Å². The lowest BCUT2D eigenvalue weighted by molar-refractivity contribution is -0.137. The molecule has 0 spiro atoms. The predicted octanol–water partition coefficient (Wildman–Crippen LogP) is 0.375. The van der Waals surface area contributed by atoms with Crippen LogP contribution in [0.2, 0.25) is 0 Å². The molecule has 0 aliphatic rings. The lowest BCUT2D eigenvalue weighted by Gasteiger charge is -2.28. The molecule has 0 saturated heterocycles. The molecule has 0 aliphatic carbocycles. The van der Waals surface area contributed by atoms with Gasteiger partial charge in [-0.2, -0.15) is 5.26 Å². The minimum absolute atomic E-state index is 0.213. The first-order valence-electron chi connectivity index (χ1n) is 5.68. The van der Waals surface area contributed by atoms with Crippen LogP contribution in [0.3, 0.4) is 0 Å². The van der Waals surface area contributed by atoms with E-state index in [0.29, 0.717) is 13.1 Å². The number of aliphatic carboxylic acids is 1. The smallest absolute Gasteiger partial charge is 0.323 e. The van der Waals surface area contributed by atoms with Gasteiger partial charge in [0.05, 0.1) is 19.1 Å². The van der Waals surface area contributed by atoms with Gasteiger partial charge in [-0.1, -0.05) is 0 Å². The van der Waals surface area contributed by atoms with E-state index in [4.69, 9.17) is 15.1 Å². The summed E-state index contributed by atoms with van der Waals surface area (Å²) in [5.41, 5.74) is 0. The number of ether oxygens (including phenoxy) is 1. The van der Waals surface area contributed by atoms with Crippen molar-refractivity contribution in [1.29, 1.82) is 5.26 Å². The molecule has 0 heterocycles. The van der Waals surface area contributed by atoms with Crippen molar-refractivity contribution in [2.45, 2.75) is 13.3 Å². The second kappa shape index (κ2) is 9.24. The zero-order chi connectivity index (χ0) is 14.0. The molecule has 0 radical (unpaired) electrons. The van der Waals surface area contributed by atoms with E-state index in [1.807, 2.05) is 6.07 Å². The Morgan fingerprint density at radius 1 is 1.33 bits per heavy atom. The third-order valence-electron chi connectivity index (χ3n) is 2.31. The first-order valence-corrected chi connectivity index (χ1v) is 5.68. The highest BCUT2D eigenvalue weighted by Gasteiger charge is 2.21. The molecule has 102 valence electrons. The van der Waals surface area contributed by atoms with Gasteiger partial charge in [0.1, 0.15) is 6.54 Å². The number of rotatable bonds is 8. The molecule has 0 unspecified atom stereocenters. The van der Waals surface area contributed by atoms with E-state index < -0.39 is 5.97 Å². The molecule has 18 heavy (non-hydrogen) atoms. The second-order valence-electron chi connectivity index (χ2n) is 3.58. The van der Waals surface area contributed by atoms with Crippen molar-refractivity contribution in [1.82, 2.24) is 9.80 Å². The summed E-state index contributed by atoms with van der Waals surface area (Å²) in [6.45, 7) is 2.63. The normalized spacial score (nSPS) is 9.61. The Balaban J connectivity index is 4.58. The first kappa shape index (κ1) is 16.2. The van der Waals surface area contributed by atoms with E-state index in [0.717, 1.165) is 0 Å². The highest BCUT2D eigenvalue weighted by atomic mass is 16.5. The minimum atomic E-state index is -1.07. The van der Waals surface area contributed by atoms with Crippen molar-refractivity contribution in [3.63, 3.8) is 0 Å². The van der Waals surface area contributed by atoms with Crippen molar-refractivity contribution in [3.05, 3.63) is 0 Å². The first-order chi connectivity index (χ1) is 8.56. The van der Waals surface area contributed by atoms with Gasteiger partial charge in [-0.25, -0.2) is 4.79 Å². The topological polar surface area (TPSA) is 93.9 Å². The minimum Gasteiger partial charge on any atom is -0.480 e. The lowest BCUT2D eigenvalue weighted by atomic mass is 10.4. The molecule has 2 amide bonds. The maximum Gasteiger partial charge on any atom is 0.323 e. The number of carboxylic acid groups (broad SMARTS) is 1. The van der Waals surface area contributed by atoms with Gasteiger partial charge in [-0.05, 0) is 6.92 Å². The summed E-state index contributed by atoms with van der Waals surface area (Å²) in [5, 5.41) is 17.3. The number of carbonyl (C=O) groups excluding carboxylic acids is 1. The predicted molar refractivity (Wildman–Crippen MR) is 64.0 cm³/mol. The van der Waals surface area contributed by atoms with Crippen LogP contribution >= 0.6 is 0 Å². The highest BCUT2D eigenvalue weighted by Crippen LogP contribution is 2.01. The van der Waals surface area contributed by atoms with Crippen LogP contribution in [0.1, 0.15) is 13.3 Å². The van der Waals surface area contributed by atoms with Crippen molar-refractivity contribution in [2.24, 2.45) is 0 Å². The number of urea groups is 1. The fourth-order valence-electron chi connectivity index (χ4n) is 1.38. The maximum atomic E-state index is 12.0. The van der Waals surface area contributed by atoms with Crippen molar-refractivity contribution < 1.29 is 19.4 Å². The number of nitriles is 1. The van der Waals surface area contributed by atoms with Crippen molar-refractivity contribution in [3.8, 4) is 6.07 Å². The van der Waals surface area contributed by atoms with E-state index in [2.05, 4.69) is 0 Å². The van der Waals surface area contributed by atoms with Gasteiger partial charge in [0.15, 0.2) is 0 Å². The number of hydrogen-bond acceptors (Lipinski definition) is 4. The summed E-state index contributed by atoms with van der Waals surface area (Å²) < 4.78 is 4.84. The fraction of sp³-hybridized carbons (Fsp3) is 0.727. The molecule has 0 rings (SSSR count). The van der Waals surface area contributed by atoms with Crippen LogP contribution in [0.25, 0.3) is 0 Å². The third-order valence-corrected chi connectivity index (χ3v) is 2.31. The van der Waals surface area contributed by atoms with Crippen LogP contribution in [-0.4, -0.2) is 66.8 Å². The Morgan fingerprint density at radius 2 is 2.00 bits per heavy atom. The highest BCUT2D eigenvalue weighted by molar-refractivity contribution is 5.80. The molecular formula is C11H19N3O4. The average Bonchev–Trinajstić information content (AvgIpc) is 2.34. The van der Waals surface area contributed by atoms with Crippen LogP contribution in [0.5, 0.6) is 0 Å². The lowest BCUT2D eigenvalue weighted by Crippen LogP contribution is -2.46. The molecule has 7 heteroatoms. The molecule has 0 fully saturated rings. The zero-order valence-electron chi connectivity index (χ0n) is 10.8. The summed E-state index contributed by atoms with van der Waals surface area (Å²) in [7, 11) is 1.48. The van der Waals surface area contributed by atoms with Crippen LogP contribution in [0, 0.1) is 11.3 Å². The molecule has 0 atom stereocenters. The Bertz CT molecular complexity index is 314. The Hall–Kier alpha value is -1.81. The van der Waals surface area contributed by atoms with Gasteiger partial charge in [0.25, 0.3) is 0 Å². The summed E-state index contributed by atoms with van der Waals surface area (Å²) >= 11 is 0. The van der Waals surface area contributed by atoms with Gasteiger partial charge in [0, 0.05) is 26.7 Å². The molecule has 0 bridgehead atoms. The summed E-state index contributed by atoms with van der Waals surface area (Å²) in [6.07, 6.45) is 0.227. The molecule has 0 saturated carbocycles. The number of hydrogen-bond donors (Lipinski definition) is 1. The van der Waals surface area contributed by atoms with Crippen molar-refractivity contribution in [2.75, 3.05) is 39.9 Å². The quantitative estimate of drug-likeness (QED) is 0.678. The number of carbonyl (C=O) groups is 2. The second-order valence-corrected chi connectivity index (χ2v) is 3.58. The van der Waals surface area contributed by atoms with Crippen LogP contribution < -0.4 is 0 Å². The van der Waals surface area contributed by atoms with Gasteiger partial charge in [0.2, 0.25) is 0 Å². The average molecular weight is 257 g/mol. The Labute approximate surface area is 107 Å².